The largest absolute Gasteiger partial charge is 0.393 e. The first kappa shape index (κ1) is 23.4. The third-order valence-corrected chi connectivity index (χ3v) is 13.8. The highest BCUT2D eigenvalue weighted by atomic mass is 16.3. The molecular weight excluding hydrogens is 392 g/mol. The van der Waals surface area contributed by atoms with E-state index in [1.54, 1.807) is 0 Å². The van der Waals surface area contributed by atoms with Crippen LogP contribution in [0.2, 0.25) is 0 Å². The number of fused-ring (bicyclic) bond motifs is 7. The van der Waals surface area contributed by atoms with Gasteiger partial charge in [0.15, 0.2) is 0 Å². The number of carbonyl (C=O) groups is 1. The quantitative estimate of drug-likeness (QED) is 0.423. The van der Waals surface area contributed by atoms with Crippen molar-refractivity contribution in [1.29, 1.82) is 0 Å². The van der Waals surface area contributed by atoms with Gasteiger partial charge in [0.05, 0.1) is 6.10 Å². The molecule has 0 radical (unpaired) electrons. The number of hydrogen-bond acceptors (Lipinski definition) is 2. The highest BCUT2D eigenvalue weighted by molar-refractivity contribution is 5.87. The molecule has 0 bridgehead atoms. The molecule has 32 heavy (non-hydrogen) atoms. The number of aliphatic hydroxyl groups is 1. The van der Waals surface area contributed by atoms with Gasteiger partial charge in [-0.2, -0.15) is 0 Å². The number of Topliss-reactive ketones (excluding diaryl/α,β-unsaturated/α-hetero) is 1. The van der Waals surface area contributed by atoms with Crippen molar-refractivity contribution in [2.45, 2.75) is 126 Å². The molecule has 2 nitrogen and oxygen atoms in total. The lowest BCUT2D eigenvalue weighted by atomic mass is 9.30. The van der Waals surface area contributed by atoms with Crippen molar-refractivity contribution >= 4 is 5.78 Å². The molecule has 0 spiro atoms. The molecule has 0 aromatic heterocycles. The molecule has 0 amide bonds. The predicted molar refractivity (Wildman–Crippen MR) is 131 cm³/mol. The molecule has 2 heteroatoms. The first-order valence-electron chi connectivity index (χ1n) is 13.9. The SMILES string of the molecule is CC1C(O)CCC2C1(C)CCC1C2(C)CCC2(C)C3CC(C)(C)CCC3(C)C(=O)CC12C. The molecule has 10 unspecified atom stereocenters. The van der Waals surface area contributed by atoms with Gasteiger partial charge in [0.2, 0.25) is 0 Å². The Labute approximate surface area is 197 Å². The topological polar surface area (TPSA) is 37.3 Å². The first-order chi connectivity index (χ1) is 14.6. The molecule has 5 aliphatic carbocycles. The van der Waals surface area contributed by atoms with Gasteiger partial charge in [-0.05, 0) is 109 Å². The van der Waals surface area contributed by atoms with Crippen molar-refractivity contribution in [3.8, 4) is 0 Å². The Hall–Kier alpha value is -0.370. The molecular formula is C30H50O2. The molecule has 5 fully saturated rings. The Morgan fingerprint density at radius 3 is 2.09 bits per heavy atom. The van der Waals surface area contributed by atoms with Gasteiger partial charge in [-0.15, -0.1) is 0 Å². The summed E-state index contributed by atoms with van der Waals surface area (Å²) in [6, 6.07) is 0. The summed E-state index contributed by atoms with van der Waals surface area (Å²) in [6.07, 6.45) is 11.4. The zero-order valence-corrected chi connectivity index (χ0v) is 22.3. The molecule has 0 aromatic carbocycles. The summed E-state index contributed by atoms with van der Waals surface area (Å²) in [6.45, 7) is 19.8. The summed E-state index contributed by atoms with van der Waals surface area (Å²) in [5, 5.41) is 10.7. The molecule has 1 N–H and O–H groups in total. The summed E-state index contributed by atoms with van der Waals surface area (Å²) in [5.74, 6) is 2.81. The number of ketones is 1. The van der Waals surface area contributed by atoms with Gasteiger partial charge in [-0.25, -0.2) is 0 Å². The van der Waals surface area contributed by atoms with Crippen molar-refractivity contribution in [1.82, 2.24) is 0 Å². The Bertz CT molecular complexity index is 816. The summed E-state index contributed by atoms with van der Waals surface area (Å²) in [4.78, 5) is 14.0. The number of rotatable bonds is 0. The summed E-state index contributed by atoms with van der Waals surface area (Å²) < 4.78 is 0. The van der Waals surface area contributed by atoms with Crippen LogP contribution in [0.1, 0.15) is 120 Å². The molecule has 0 aliphatic heterocycles. The van der Waals surface area contributed by atoms with Crippen LogP contribution >= 0.6 is 0 Å². The van der Waals surface area contributed by atoms with Crippen LogP contribution in [0.3, 0.4) is 0 Å². The minimum absolute atomic E-state index is 0.106. The van der Waals surface area contributed by atoms with E-state index in [0.717, 1.165) is 19.3 Å². The normalized spacial score (nSPS) is 59.4. The van der Waals surface area contributed by atoms with E-state index in [9.17, 15) is 9.90 Å². The van der Waals surface area contributed by atoms with Crippen LogP contribution in [0.5, 0.6) is 0 Å². The maximum absolute atomic E-state index is 14.0. The third-order valence-electron chi connectivity index (χ3n) is 13.8. The second-order valence-corrected chi connectivity index (χ2v) is 15.4. The number of aliphatic hydroxyl groups excluding tert-OH is 1. The van der Waals surface area contributed by atoms with Crippen molar-refractivity contribution < 1.29 is 9.90 Å². The molecule has 5 saturated carbocycles. The van der Waals surface area contributed by atoms with E-state index in [0.29, 0.717) is 40.3 Å². The summed E-state index contributed by atoms with van der Waals surface area (Å²) >= 11 is 0. The van der Waals surface area contributed by atoms with E-state index in [2.05, 4.69) is 55.4 Å². The van der Waals surface area contributed by atoms with Crippen LogP contribution in [-0.4, -0.2) is 17.0 Å². The Morgan fingerprint density at radius 2 is 1.41 bits per heavy atom. The molecule has 0 saturated heterocycles. The molecule has 182 valence electrons. The van der Waals surface area contributed by atoms with Gasteiger partial charge < -0.3 is 5.11 Å². The van der Waals surface area contributed by atoms with E-state index in [-0.39, 0.29) is 27.8 Å². The van der Waals surface area contributed by atoms with Crippen LogP contribution < -0.4 is 0 Å². The van der Waals surface area contributed by atoms with Gasteiger partial charge in [0.1, 0.15) is 5.78 Å². The van der Waals surface area contributed by atoms with E-state index in [1.165, 1.54) is 44.9 Å². The molecule has 0 heterocycles. The maximum atomic E-state index is 14.0. The average Bonchev–Trinajstić information content (AvgIpc) is 2.70. The highest BCUT2D eigenvalue weighted by Crippen LogP contribution is 2.77. The smallest absolute Gasteiger partial charge is 0.139 e. The minimum atomic E-state index is -0.137. The van der Waals surface area contributed by atoms with Gasteiger partial charge in [0, 0.05) is 11.8 Å². The van der Waals surface area contributed by atoms with Crippen LogP contribution in [0, 0.1) is 56.2 Å². The Morgan fingerprint density at radius 1 is 0.719 bits per heavy atom. The fourth-order valence-electron chi connectivity index (χ4n) is 11.1. The van der Waals surface area contributed by atoms with Crippen LogP contribution in [-0.2, 0) is 4.79 Å². The van der Waals surface area contributed by atoms with E-state index in [4.69, 9.17) is 0 Å². The lowest BCUT2D eigenvalue weighted by Gasteiger charge is -2.74. The maximum Gasteiger partial charge on any atom is 0.139 e. The number of hydrogen-bond donors (Lipinski definition) is 1. The molecule has 0 aromatic rings. The monoisotopic (exact) mass is 442 g/mol. The van der Waals surface area contributed by atoms with Crippen molar-refractivity contribution in [3.63, 3.8) is 0 Å². The van der Waals surface area contributed by atoms with Gasteiger partial charge >= 0.3 is 0 Å². The third kappa shape index (κ3) is 2.66. The predicted octanol–water partition coefficient (Wildman–Crippen LogP) is 7.43. The summed E-state index contributed by atoms with van der Waals surface area (Å²) in [7, 11) is 0. The van der Waals surface area contributed by atoms with Gasteiger partial charge in [-0.1, -0.05) is 55.4 Å². The van der Waals surface area contributed by atoms with Gasteiger partial charge in [-0.3, -0.25) is 4.79 Å². The lowest BCUT2D eigenvalue weighted by molar-refractivity contribution is -0.254. The van der Waals surface area contributed by atoms with E-state index in [1.807, 2.05) is 0 Å². The molecule has 5 aliphatic rings. The lowest BCUT2D eigenvalue weighted by Crippen LogP contribution is -2.69. The zero-order valence-electron chi connectivity index (χ0n) is 22.3. The Kier molecular flexibility index (Phi) is 4.85. The zero-order chi connectivity index (χ0) is 23.5. The Balaban J connectivity index is 1.58. The first-order valence-corrected chi connectivity index (χ1v) is 13.9. The van der Waals surface area contributed by atoms with Crippen LogP contribution in [0.4, 0.5) is 0 Å². The van der Waals surface area contributed by atoms with Crippen molar-refractivity contribution in [3.05, 3.63) is 0 Å². The second kappa shape index (κ2) is 6.64. The molecule has 5 rings (SSSR count). The number of carbonyl (C=O) groups excluding carboxylic acids is 1. The summed E-state index contributed by atoms with van der Waals surface area (Å²) in [5.41, 5.74) is 1.15. The van der Waals surface area contributed by atoms with Crippen LogP contribution in [0.25, 0.3) is 0 Å². The fourth-order valence-corrected chi connectivity index (χ4v) is 11.1. The van der Waals surface area contributed by atoms with E-state index < -0.39 is 0 Å². The minimum Gasteiger partial charge on any atom is -0.393 e. The standard InChI is InChI=1S/C30H50O2/c1-19-20(31)9-10-21-26(19,4)12-11-22-27(21,5)15-16-29(7)23-17-25(2,3)13-14-28(23,6)24(32)18-30(22,29)8/h19-23,31H,9-18H2,1-8H3. The van der Waals surface area contributed by atoms with E-state index >= 15 is 0 Å². The van der Waals surface area contributed by atoms with Crippen molar-refractivity contribution in [2.24, 2.45) is 56.2 Å². The highest BCUT2D eigenvalue weighted by Gasteiger charge is 2.72. The second-order valence-electron chi connectivity index (χ2n) is 15.4. The molecule has 10 atom stereocenters. The average molecular weight is 443 g/mol. The van der Waals surface area contributed by atoms with Crippen molar-refractivity contribution in [2.75, 3.05) is 0 Å². The van der Waals surface area contributed by atoms with Gasteiger partial charge in [0.25, 0.3) is 0 Å². The fraction of sp³-hybridized carbons (Fsp3) is 0.967. The van der Waals surface area contributed by atoms with Crippen LogP contribution in [0.15, 0.2) is 0 Å².